The fraction of sp³-hybridized carbons (Fsp3) is 0.0714. The minimum absolute atomic E-state index is 0.0151. The molecule has 3 rings (SSSR count). The van der Waals surface area contributed by atoms with E-state index in [-0.39, 0.29) is 11.7 Å². The Bertz CT molecular complexity index is 684. The van der Waals surface area contributed by atoms with Gasteiger partial charge >= 0.3 is 5.97 Å². The average Bonchev–Trinajstić information content (AvgIpc) is 2.47. The Morgan fingerprint density at radius 2 is 1.80 bits per heavy atom. The van der Waals surface area contributed by atoms with Gasteiger partial charge in [0, 0.05) is 22.6 Å². The number of thioether (sulfide) groups is 1. The molecule has 0 amide bonds. The van der Waals surface area contributed by atoms with Crippen molar-refractivity contribution in [3.05, 3.63) is 69.8 Å². The first-order valence-corrected chi connectivity index (χ1v) is 6.74. The number of benzene rings is 2. The molecule has 0 saturated carbocycles. The molecule has 0 saturated heterocycles. The van der Waals surface area contributed by atoms with Crippen LogP contribution in [0.2, 0.25) is 0 Å². The van der Waals surface area contributed by atoms with Crippen LogP contribution in [0, 0.1) is 10.1 Å². The van der Waals surface area contributed by atoms with Gasteiger partial charge in [-0.15, -0.1) is 0 Å². The van der Waals surface area contributed by atoms with Gasteiger partial charge in [-0.1, -0.05) is 23.9 Å². The number of nitro benzene ring substituents is 1. The van der Waals surface area contributed by atoms with Crippen LogP contribution in [0.4, 0.5) is 5.69 Å². The van der Waals surface area contributed by atoms with Gasteiger partial charge in [-0.3, -0.25) is 10.1 Å². The Morgan fingerprint density at radius 1 is 1.10 bits per heavy atom. The summed E-state index contributed by atoms with van der Waals surface area (Å²) in [7, 11) is 0. The number of non-ortho nitro benzene ring substituents is 1. The van der Waals surface area contributed by atoms with Gasteiger partial charge < -0.3 is 4.74 Å². The van der Waals surface area contributed by atoms with Crippen molar-refractivity contribution in [3.63, 3.8) is 0 Å². The number of nitrogens with zero attached hydrogens (tertiary/aromatic N) is 1. The maximum Gasteiger partial charge on any atom is 0.340 e. The summed E-state index contributed by atoms with van der Waals surface area (Å²) in [5, 5.41) is 10.6. The zero-order chi connectivity index (χ0) is 14.1. The molecule has 0 fully saturated rings. The highest BCUT2D eigenvalue weighted by atomic mass is 32.2. The fourth-order valence-corrected chi connectivity index (χ4v) is 3.02. The summed E-state index contributed by atoms with van der Waals surface area (Å²) in [6.45, 7) is 0. The summed E-state index contributed by atoms with van der Waals surface area (Å²) in [5.74, 6) is -0.372. The molecule has 0 bridgehead atoms. The van der Waals surface area contributed by atoms with Crippen molar-refractivity contribution >= 4 is 23.4 Å². The molecule has 1 heterocycles. The first kappa shape index (κ1) is 12.7. The number of carbonyl (C=O) groups excluding carboxylic acids is 1. The van der Waals surface area contributed by atoms with E-state index in [0.717, 1.165) is 10.5 Å². The molecule has 1 unspecified atom stereocenters. The van der Waals surface area contributed by atoms with Crippen LogP contribution < -0.4 is 0 Å². The summed E-state index contributed by atoms with van der Waals surface area (Å²) in [6, 6.07) is 13.3. The number of hydrogen-bond acceptors (Lipinski definition) is 5. The SMILES string of the molecule is O=C1OC(c2ccc([N+](=O)[O-])cc2)Sc2ccccc21. The van der Waals surface area contributed by atoms with Crippen molar-refractivity contribution in [1.29, 1.82) is 0 Å². The van der Waals surface area contributed by atoms with E-state index in [9.17, 15) is 14.9 Å². The van der Waals surface area contributed by atoms with Crippen LogP contribution in [0.1, 0.15) is 21.4 Å². The summed E-state index contributed by atoms with van der Waals surface area (Å²) in [5.41, 5.74) is 0.818. The minimum atomic E-state index is -0.474. The van der Waals surface area contributed by atoms with E-state index < -0.39 is 10.4 Å². The molecular formula is C14H9NO4S. The lowest BCUT2D eigenvalue weighted by Crippen LogP contribution is -2.15. The molecule has 20 heavy (non-hydrogen) atoms. The van der Waals surface area contributed by atoms with Crippen LogP contribution in [-0.4, -0.2) is 10.9 Å². The quantitative estimate of drug-likeness (QED) is 0.480. The van der Waals surface area contributed by atoms with Crippen LogP contribution in [0.5, 0.6) is 0 Å². The molecule has 100 valence electrons. The molecule has 5 nitrogen and oxygen atoms in total. The van der Waals surface area contributed by atoms with E-state index in [2.05, 4.69) is 0 Å². The molecule has 0 N–H and O–H groups in total. The molecule has 0 spiro atoms. The van der Waals surface area contributed by atoms with Crippen molar-refractivity contribution in [2.75, 3.05) is 0 Å². The van der Waals surface area contributed by atoms with E-state index in [0.29, 0.717) is 5.56 Å². The molecule has 6 heteroatoms. The molecule has 0 aromatic heterocycles. The molecule has 2 aromatic carbocycles. The lowest BCUT2D eigenvalue weighted by molar-refractivity contribution is -0.384. The summed E-state index contributed by atoms with van der Waals surface area (Å²) < 4.78 is 5.35. The number of hydrogen-bond donors (Lipinski definition) is 0. The van der Waals surface area contributed by atoms with Crippen LogP contribution in [0.3, 0.4) is 0 Å². The van der Waals surface area contributed by atoms with Gasteiger partial charge in [0.05, 0.1) is 10.5 Å². The van der Waals surface area contributed by atoms with Gasteiger partial charge in [-0.25, -0.2) is 4.79 Å². The van der Waals surface area contributed by atoms with E-state index >= 15 is 0 Å². The van der Waals surface area contributed by atoms with Gasteiger partial charge in [-0.05, 0) is 24.3 Å². The zero-order valence-electron chi connectivity index (χ0n) is 10.2. The number of ether oxygens (including phenoxy) is 1. The molecule has 0 radical (unpaired) electrons. The van der Waals surface area contributed by atoms with Gasteiger partial charge in [0.1, 0.15) is 0 Å². The number of cyclic esters (lactones) is 1. The highest BCUT2D eigenvalue weighted by molar-refractivity contribution is 7.99. The second-order valence-electron chi connectivity index (χ2n) is 4.20. The van der Waals surface area contributed by atoms with Crippen LogP contribution in [-0.2, 0) is 4.74 Å². The number of nitro groups is 1. The largest absolute Gasteiger partial charge is 0.442 e. The Labute approximate surface area is 118 Å². The second-order valence-corrected chi connectivity index (χ2v) is 5.30. The predicted molar refractivity (Wildman–Crippen MR) is 73.6 cm³/mol. The third-order valence-corrected chi connectivity index (χ3v) is 4.12. The summed E-state index contributed by atoms with van der Waals surface area (Å²) in [4.78, 5) is 22.9. The Kier molecular flexibility index (Phi) is 3.15. The van der Waals surface area contributed by atoms with Crippen LogP contribution in [0.15, 0.2) is 53.4 Å². The topological polar surface area (TPSA) is 69.4 Å². The molecule has 0 aliphatic carbocycles. The van der Waals surface area contributed by atoms with Gasteiger partial charge in [0.25, 0.3) is 5.69 Å². The Morgan fingerprint density at radius 3 is 2.50 bits per heavy atom. The molecule has 1 aliphatic rings. The van der Waals surface area contributed by atoms with Crippen molar-refractivity contribution in [2.24, 2.45) is 0 Å². The summed E-state index contributed by atoms with van der Waals surface area (Å²) >= 11 is 1.42. The minimum Gasteiger partial charge on any atom is -0.442 e. The van der Waals surface area contributed by atoms with Gasteiger partial charge in [0.2, 0.25) is 0 Å². The van der Waals surface area contributed by atoms with Crippen molar-refractivity contribution in [3.8, 4) is 0 Å². The van der Waals surface area contributed by atoms with E-state index in [4.69, 9.17) is 4.74 Å². The highest BCUT2D eigenvalue weighted by Gasteiger charge is 2.28. The maximum absolute atomic E-state index is 11.9. The first-order valence-electron chi connectivity index (χ1n) is 5.86. The average molecular weight is 287 g/mol. The van der Waals surface area contributed by atoms with Gasteiger partial charge in [-0.2, -0.15) is 0 Å². The van der Waals surface area contributed by atoms with Crippen molar-refractivity contribution in [1.82, 2.24) is 0 Å². The smallest absolute Gasteiger partial charge is 0.340 e. The van der Waals surface area contributed by atoms with Crippen LogP contribution >= 0.6 is 11.8 Å². The highest BCUT2D eigenvalue weighted by Crippen LogP contribution is 2.42. The van der Waals surface area contributed by atoms with Crippen LogP contribution in [0.25, 0.3) is 0 Å². The Balaban J connectivity index is 1.90. The third-order valence-electron chi connectivity index (χ3n) is 2.93. The summed E-state index contributed by atoms with van der Waals surface area (Å²) in [6.07, 6.45) is 0. The standard InChI is InChI=1S/C14H9NO4S/c16-13-11-3-1-2-4-12(11)20-14(19-13)9-5-7-10(8-6-9)15(17)18/h1-8,14H. The first-order chi connectivity index (χ1) is 9.65. The lowest BCUT2D eigenvalue weighted by Gasteiger charge is -2.23. The number of carbonyl (C=O) groups is 1. The number of fused-ring (bicyclic) bond motifs is 1. The second kappa shape index (κ2) is 4.97. The lowest BCUT2D eigenvalue weighted by atomic mass is 10.2. The Hall–Kier alpha value is -2.34. The monoisotopic (exact) mass is 287 g/mol. The molecule has 1 aliphatic heterocycles. The van der Waals surface area contributed by atoms with Crippen molar-refractivity contribution in [2.45, 2.75) is 10.3 Å². The van der Waals surface area contributed by atoms with E-state index in [1.165, 1.54) is 23.9 Å². The van der Waals surface area contributed by atoms with Crippen molar-refractivity contribution < 1.29 is 14.5 Å². The predicted octanol–water partition coefficient (Wildman–Crippen LogP) is 3.56. The number of rotatable bonds is 2. The van der Waals surface area contributed by atoms with Gasteiger partial charge in [0.15, 0.2) is 5.44 Å². The fourth-order valence-electron chi connectivity index (χ4n) is 1.93. The number of esters is 1. The molecule has 1 atom stereocenters. The van der Waals surface area contributed by atoms with E-state index in [1.807, 2.05) is 12.1 Å². The molecular weight excluding hydrogens is 278 g/mol. The maximum atomic E-state index is 11.9. The normalized spacial score (nSPS) is 17.2. The third kappa shape index (κ3) is 2.25. The molecule has 2 aromatic rings. The zero-order valence-corrected chi connectivity index (χ0v) is 11.0. The van der Waals surface area contributed by atoms with E-state index in [1.54, 1.807) is 24.3 Å².